The van der Waals surface area contributed by atoms with Crippen molar-refractivity contribution >= 4 is 11.8 Å². The molecule has 0 saturated carbocycles. The highest BCUT2D eigenvalue weighted by Gasteiger charge is 2.22. The topological polar surface area (TPSA) is 81.4 Å². The van der Waals surface area contributed by atoms with Gasteiger partial charge in [0, 0.05) is 12.0 Å². The smallest absolute Gasteiger partial charge is 0.246 e. The van der Waals surface area contributed by atoms with E-state index in [9.17, 15) is 9.59 Å². The Bertz CT molecular complexity index is 237. The van der Waals surface area contributed by atoms with E-state index < -0.39 is 11.4 Å². The molecule has 0 bridgehead atoms. The number of hydrogen-bond donors (Lipinski definition) is 2. The molecule has 0 rings (SSSR count). The molecule has 3 N–H and O–H groups in total. The molecule has 88 valence electrons. The molecule has 5 heteroatoms. The quantitative estimate of drug-likeness (QED) is 0.664. The summed E-state index contributed by atoms with van der Waals surface area (Å²) in [5.41, 5.74) is 4.43. The van der Waals surface area contributed by atoms with Crippen LogP contribution in [0.5, 0.6) is 0 Å². The molecule has 0 fully saturated rings. The first kappa shape index (κ1) is 13.9. The Morgan fingerprint density at radius 1 is 1.40 bits per heavy atom. The van der Waals surface area contributed by atoms with Crippen molar-refractivity contribution in [3.05, 3.63) is 0 Å². The number of carbonyl (C=O) groups is 2. The molecule has 0 aromatic rings. The minimum atomic E-state index is -0.622. The Morgan fingerprint density at radius 3 is 2.33 bits per heavy atom. The summed E-state index contributed by atoms with van der Waals surface area (Å²) in [6.45, 7) is 7.18. The van der Waals surface area contributed by atoms with E-state index in [2.05, 4.69) is 5.32 Å². The third-order valence-electron chi connectivity index (χ3n) is 1.64. The van der Waals surface area contributed by atoms with Gasteiger partial charge in [-0.3, -0.25) is 9.59 Å². The second-order valence-corrected chi connectivity index (χ2v) is 4.43. The SMILES string of the molecule is CC(C)OCC(=O)NC(C)(C)CC(N)=O. The monoisotopic (exact) mass is 216 g/mol. The maximum Gasteiger partial charge on any atom is 0.246 e. The fraction of sp³-hybridized carbons (Fsp3) is 0.800. The first-order chi connectivity index (χ1) is 6.73. The number of amides is 2. The van der Waals surface area contributed by atoms with Gasteiger partial charge >= 0.3 is 0 Å². The summed E-state index contributed by atoms with van der Waals surface area (Å²) in [6.07, 6.45) is 0.121. The van der Waals surface area contributed by atoms with Gasteiger partial charge in [0.2, 0.25) is 11.8 Å². The molecule has 0 aromatic heterocycles. The number of ether oxygens (including phenoxy) is 1. The third kappa shape index (κ3) is 7.93. The summed E-state index contributed by atoms with van der Waals surface area (Å²) < 4.78 is 5.13. The molecule has 0 spiro atoms. The summed E-state index contributed by atoms with van der Waals surface area (Å²) in [6, 6.07) is 0. The molecule has 0 heterocycles. The molecule has 0 unspecified atom stereocenters. The maximum absolute atomic E-state index is 11.4. The van der Waals surface area contributed by atoms with Crippen LogP contribution in [-0.4, -0.2) is 30.1 Å². The molecule has 0 aliphatic carbocycles. The first-order valence-electron chi connectivity index (χ1n) is 4.94. The Labute approximate surface area is 90.4 Å². The second kappa shape index (κ2) is 5.70. The van der Waals surface area contributed by atoms with Gasteiger partial charge in [-0.15, -0.1) is 0 Å². The van der Waals surface area contributed by atoms with Crippen molar-refractivity contribution < 1.29 is 14.3 Å². The zero-order chi connectivity index (χ0) is 12.1. The van der Waals surface area contributed by atoms with Crippen LogP contribution in [0.1, 0.15) is 34.1 Å². The third-order valence-corrected chi connectivity index (χ3v) is 1.64. The van der Waals surface area contributed by atoms with Crippen molar-refractivity contribution in [1.82, 2.24) is 5.32 Å². The van der Waals surface area contributed by atoms with Crippen LogP contribution < -0.4 is 11.1 Å². The van der Waals surface area contributed by atoms with Gasteiger partial charge < -0.3 is 15.8 Å². The van der Waals surface area contributed by atoms with Crippen molar-refractivity contribution in [1.29, 1.82) is 0 Å². The summed E-state index contributed by atoms with van der Waals surface area (Å²) in [5, 5.41) is 2.68. The first-order valence-corrected chi connectivity index (χ1v) is 4.94. The molecule has 0 saturated heterocycles. The maximum atomic E-state index is 11.4. The fourth-order valence-corrected chi connectivity index (χ4v) is 1.14. The van der Waals surface area contributed by atoms with E-state index in [0.29, 0.717) is 0 Å². The van der Waals surface area contributed by atoms with Crippen molar-refractivity contribution in [3.63, 3.8) is 0 Å². The van der Waals surface area contributed by atoms with Crippen LogP contribution in [-0.2, 0) is 14.3 Å². The van der Waals surface area contributed by atoms with Crippen LogP contribution in [0.25, 0.3) is 0 Å². The van der Waals surface area contributed by atoms with Crippen LogP contribution in [0.3, 0.4) is 0 Å². The van der Waals surface area contributed by atoms with Gasteiger partial charge in [-0.05, 0) is 27.7 Å². The molecule has 0 aliphatic heterocycles. The minimum Gasteiger partial charge on any atom is -0.370 e. The highest BCUT2D eigenvalue weighted by atomic mass is 16.5. The summed E-state index contributed by atoms with van der Waals surface area (Å²) in [4.78, 5) is 22.1. The van der Waals surface area contributed by atoms with Gasteiger partial charge in [0.25, 0.3) is 0 Å². The predicted molar refractivity (Wildman–Crippen MR) is 57.1 cm³/mol. The van der Waals surface area contributed by atoms with Crippen LogP contribution in [0.2, 0.25) is 0 Å². The zero-order valence-corrected chi connectivity index (χ0v) is 9.79. The van der Waals surface area contributed by atoms with Gasteiger partial charge in [0.05, 0.1) is 6.10 Å². The minimum absolute atomic E-state index is 0.000140. The number of carbonyl (C=O) groups excluding carboxylic acids is 2. The van der Waals surface area contributed by atoms with Crippen LogP contribution in [0.15, 0.2) is 0 Å². The average Bonchev–Trinajstić information content (AvgIpc) is 1.96. The van der Waals surface area contributed by atoms with Crippen LogP contribution in [0, 0.1) is 0 Å². The standard InChI is InChI=1S/C10H20N2O3/c1-7(2)15-6-9(14)12-10(3,4)5-8(11)13/h7H,5-6H2,1-4H3,(H2,11,13)(H,12,14). The predicted octanol–water partition coefficient (Wildman–Crippen LogP) is 0.182. The van der Waals surface area contributed by atoms with E-state index in [1.54, 1.807) is 13.8 Å². The number of primary amides is 1. The van der Waals surface area contributed by atoms with Crippen LogP contribution >= 0.6 is 0 Å². The lowest BCUT2D eigenvalue weighted by Gasteiger charge is -2.24. The molecular weight excluding hydrogens is 196 g/mol. The Hall–Kier alpha value is -1.10. The van der Waals surface area contributed by atoms with E-state index in [1.807, 2.05) is 13.8 Å². The molecular formula is C10H20N2O3. The average molecular weight is 216 g/mol. The largest absolute Gasteiger partial charge is 0.370 e. The Balaban J connectivity index is 3.98. The summed E-state index contributed by atoms with van der Waals surface area (Å²) in [7, 11) is 0. The lowest BCUT2D eigenvalue weighted by atomic mass is 10.0. The lowest BCUT2D eigenvalue weighted by Crippen LogP contribution is -2.47. The zero-order valence-electron chi connectivity index (χ0n) is 9.79. The van der Waals surface area contributed by atoms with Gasteiger partial charge in [-0.25, -0.2) is 0 Å². The van der Waals surface area contributed by atoms with Gasteiger partial charge in [0.15, 0.2) is 0 Å². The van der Waals surface area contributed by atoms with Gasteiger partial charge in [0.1, 0.15) is 6.61 Å². The number of rotatable bonds is 6. The number of nitrogens with one attached hydrogen (secondary N) is 1. The Morgan fingerprint density at radius 2 is 1.93 bits per heavy atom. The molecule has 0 aliphatic rings. The molecule has 2 amide bonds. The van der Waals surface area contributed by atoms with E-state index in [-0.39, 0.29) is 25.0 Å². The number of hydrogen-bond acceptors (Lipinski definition) is 3. The van der Waals surface area contributed by atoms with E-state index in [0.717, 1.165) is 0 Å². The molecule has 15 heavy (non-hydrogen) atoms. The van der Waals surface area contributed by atoms with Gasteiger partial charge in [-0.2, -0.15) is 0 Å². The lowest BCUT2D eigenvalue weighted by molar-refractivity contribution is -0.129. The second-order valence-electron chi connectivity index (χ2n) is 4.43. The highest BCUT2D eigenvalue weighted by Crippen LogP contribution is 2.07. The van der Waals surface area contributed by atoms with E-state index in [1.165, 1.54) is 0 Å². The highest BCUT2D eigenvalue weighted by molar-refractivity contribution is 5.80. The van der Waals surface area contributed by atoms with Crippen molar-refractivity contribution in [3.8, 4) is 0 Å². The summed E-state index contributed by atoms with van der Waals surface area (Å²) in [5.74, 6) is -0.681. The van der Waals surface area contributed by atoms with Crippen molar-refractivity contribution in [2.45, 2.75) is 45.8 Å². The normalized spacial score (nSPS) is 11.5. The van der Waals surface area contributed by atoms with Crippen LogP contribution in [0.4, 0.5) is 0 Å². The molecule has 5 nitrogen and oxygen atoms in total. The molecule has 0 atom stereocenters. The molecule has 0 radical (unpaired) electrons. The number of nitrogens with two attached hydrogens (primary N) is 1. The van der Waals surface area contributed by atoms with E-state index in [4.69, 9.17) is 10.5 Å². The summed E-state index contributed by atoms with van der Waals surface area (Å²) >= 11 is 0. The van der Waals surface area contributed by atoms with Crippen molar-refractivity contribution in [2.75, 3.05) is 6.61 Å². The van der Waals surface area contributed by atoms with Crippen molar-refractivity contribution in [2.24, 2.45) is 5.73 Å². The fourth-order valence-electron chi connectivity index (χ4n) is 1.14. The van der Waals surface area contributed by atoms with Gasteiger partial charge in [-0.1, -0.05) is 0 Å². The van der Waals surface area contributed by atoms with E-state index >= 15 is 0 Å². The Kier molecular flexibility index (Phi) is 5.28. The molecule has 0 aromatic carbocycles.